The van der Waals surface area contributed by atoms with Crippen molar-refractivity contribution in [1.29, 1.82) is 0 Å². The summed E-state index contributed by atoms with van der Waals surface area (Å²) in [5.41, 5.74) is 2.09. The monoisotopic (exact) mass is 472 g/mol. The lowest BCUT2D eigenvalue weighted by Crippen LogP contribution is -2.44. The highest BCUT2D eigenvalue weighted by Crippen LogP contribution is 2.53. The molecule has 0 N–H and O–H groups in total. The van der Waals surface area contributed by atoms with Gasteiger partial charge in [0.2, 0.25) is 11.8 Å². The Balaban J connectivity index is 1.51. The van der Waals surface area contributed by atoms with Crippen molar-refractivity contribution in [2.45, 2.75) is 12.1 Å². The topological polar surface area (TPSA) is 57.7 Å². The van der Waals surface area contributed by atoms with Crippen LogP contribution in [0.15, 0.2) is 79.0 Å². The lowest BCUT2D eigenvalue weighted by Gasteiger charge is -2.35. The molecule has 0 radical (unpaired) electrons. The Morgan fingerprint density at radius 2 is 1.53 bits per heavy atom. The van der Waals surface area contributed by atoms with Crippen LogP contribution in [0.3, 0.4) is 0 Å². The molecular weight excluding hydrogens is 455 g/mol. The number of halogens is 2. The zero-order valence-corrected chi connectivity index (χ0v) is 18.5. The zero-order chi connectivity index (χ0) is 23.6. The quantitative estimate of drug-likeness (QED) is 0.403. The summed E-state index contributed by atoms with van der Waals surface area (Å²) < 4.78 is 14.6. The molecule has 6 rings (SSSR count). The first kappa shape index (κ1) is 20.8. The highest BCUT2D eigenvalue weighted by molar-refractivity contribution is 6.30. The molecule has 3 aliphatic heterocycles. The maximum absolute atomic E-state index is 14.6. The molecule has 3 heterocycles. The zero-order valence-electron chi connectivity index (χ0n) is 17.8. The molecule has 168 valence electrons. The Morgan fingerprint density at radius 1 is 0.853 bits per heavy atom. The van der Waals surface area contributed by atoms with Crippen LogP contribution in [0.25, 0.3) is 6.08 Å². The number of rotatable bonds is 3. The summed E-state index contributed by atoms with van der Waals surface area (Å²) in [6, 6.07) is 18.4. The molecule has 34 heavy (non-hydrogen) atoms. The number of imide groups is 1. The second-order valence-corrected chi connectivity index (χ2v) is 9.10. The van der Waals surface area contributed by atoms with E-state index in [1.807, 2.05) is 35.2 Å². The summed E-state index contributed by atoms with van der Waals surface area (Å²) in [7, 11) is 0. The predicted octanol–water partition coefficient (Wildman–Crippen LogP) is 4.88. The second kappa shape index (κ2) is 7.64. The van der Waals surface area contributed by atoms with E-state index in [0.717, 1.165) is 16.0 Å². The van der Waals surface area contributed by atoms with Crippen molar-refractivity contribution in [2.75, 3.05) is 4.90 Å². The van der Waals surface area contributed by atoms with Crippen LogP contribution in [-0.4, -0.2) is 28.5 Å². The number of carbonyl (C=O) groups excluding carboxylic acids is 3. The SMILES string of the molecule is O=C(c1ccc(Cl)cc1)C1C2C(=O)N(c3ccccc3F)C(=O)C2C2c3ccccc3C=CN12. The van der Waals surface area contributed by atoms with E-state index >= 15 is 0 Å². The first-order chi connectivity index (χ1) is 16.5. The molecule has 3 aliphatic rings. The van der Waals surface area contributed by atoms with E-state index in [0.29, 0.717) is 10.6 Å². The number of hydrogen-bond acceptors (Lipinski definition) is 4. The van der Waals surface area contributed by atoms with Crippen molar-refractivity contribution >= 4 is 41.0 Å². The van der Waals surface area contributed by atoms with Gasteiger partial charge in [-0.25, -0.2) is 9.29 Å². The van der Waals surface area contributed by atoms with Crippen molar-refractivity contribution < 1.29 is 18.8 Å². The molecule has 0 saturated carbocycles. The van der Waals surface area contributed by atoms with Gasteiger partial charge in [0.25, 0.3) is 0 Å². The van der Waals surface area contributed by atoms with Crippen molar-refractivity contribution in [1.82, 2.24) is 4.90 Å². The molecule has 2 saturated heterocycles. The van der Waals surface area contributed by atoms with Gasteiger partial charge in [-0.3, -0.25) is 14.4 Å². The molecule has 0 aromatic heterocycles. The van der Waals surface area contributed by atoms with Gasteiger partial charge in [0.15, 0.2) is 5.78 Å². The van der Waals surface area contributed by atoms with Gasteiger partial charge in [0, 0.05) is 16.8 Å². The van der Waals surface area contributed by atoms with Crippen molar-refractivity contribution in [2.24, 2.45) is 11.8 Å². The summed E-state index contributed by atoms with van der Waals surface area (Å²) in [5, 5.41) is 0.489. The number of Topliss-reactive ketones (excluding diaryl/α,β-unsaturated/α-hetero) is 1. The molecule has 3 aromatic rings. The van der Waals surface area contributed by atoms with E-state index in [4.69, 9.17) is 11.6 Å². The molecule has 7 heteroatoms. The van der Waals surface area contributed by atoms with Crippen LogP contribution in [-0.2, 0) is 9.59 Å². The average molecular weight is 473 g/mol. The van der Waals surface area contributed by atoms with Gasteiger partial charge in [-0.05, 0) is 53.6 Å². The van der Waals surface area contributed by atoms with E-state index < -0.39 is 41.6 Å². The van der Waals surface area contributed by atoms with Gasteiger partial charge >= 0.3 is 0 Å². The van der Waals surface area contributed by atoms with Gasteiger partial charge in [0.05, 0.1) is 23.6 Å². The molecule has 4 atom stereocenters. The van der Waals surface area contributed by atoms with E-state index in [-0.39, 0.29) is 11.5 Å². The Hall–Kier alpha value is -3.77. The molecule has 0 spiro atoms. The largest absolute Gasteiger partial charge is 0.358 e. The fourth-order valence-electron chi connectivity index (χ4n) is 5.51. The minimum absolute atomic E-state index is 0.0872. The Labute approximate surface area is 200 Å². The number of carbonyl (C=O) groups is 3. The first-order valence-electron chi connectivity index (χ1n) is 10.9. The van der Waals surface area contributed by atoms with Crippen molar-refractivity contribution in [3.8, 4) is 0 Å². The van der Waals surface area contributed by atoms with Crippen molar-refractivity contribution in [3.63, 3.8) is 0 Å². The molecule has 4 unspecified atom stereocenters. The van der Waals surface area contributed by atoms with E-state index in [1.54, 1.807) is 36.5 Å². The highest BCUT2D eigenvalue weighted by atomic mass is 35.5. The van der Waals surface area contributed by atoms with Crippen LogP contribution in [0.4, 0.5) is 10.1 Å². The third kappa shape index (κ3) is 2.88. The van der Waals surface area contributed by atoms with Gasteiger partial charge in [-0.2, -0.15) is 0 Å². The van der Waals surface area contributed by atoms with E-state index in [2.05, 4.69) is 0 Å². The van der Waals surface area contributed by atoms with Gasteiger partial charge in [0.1, 0.15) is 11.9 Å². The van der Waals surface area contributed by atoms with Crippen molar-refractivity contribution in [3.05, 3.63) is 107 Å². The maximum Gasteiger partial charge on any atom is 0.240 e. The smallest absolute Gasteiger partial charge is 0.240 e. The lowest BCUT2D eigenvalue weighted by molar-refractivity contribution is -0.123. The molecular formula is C27H18ClFN2O3. The van der Waals surface area contributed by atoms with Crippen LogP contribution in [0, 0.1) is 17.7 Å². The normalized spacial score (nSPS) is 24.8. The molecule has 0 aliphatic carbocycles. The number of hydrogen-bond donors (Lipinski definition) is 0. The summed E-state index contributed by atoms with van der Waals surface area (Å²) in [5.74, 6) is -3.77. The number of fused-ring (bicyclic) bond motifs is 5. The summed E-state index contributed by atoms with van der Waals surface area (Å²) in [6.45, 7) is 0. The fourth-order valence-corrected chi connectivity index (χ4v) is 5.64. The average Bonchev–Trinajstić information content (AvgIpc) is 3.32. The lowest BCUT2D eigenvalue weighted by atomic mass is 9.83. The third-order valence-electron chi connectivity index (χ3n) is 6.95. The highest BCUT2D eigenvalue weighted by Gasteiger charge is 2.64. The molecule has 5 nitrogen and oxygen atoms in total. The van der Waals surface area contributed by atoms with Crippen LogP contribution >= 0.6 is 11.6 Å². The van der Waals surface area contributed by atoms with Crippen LogP contribution < -0.4 is 4.90 Å². The van der Waals surface area contributed by atoms with Gasteiger partial charge in [-0.1, -0.05) is 48.0 Å². The van der Waals surface area contributed by atoms with E-state index in [9.17, 15) is 18.8 Å². The predicted molar refractivity (Wildman–Crippen MR) is 125 cm³/mol. The summed E-state index contributed by atoms with van der Waals surface area (Å²) in [6.07, 6.45) is 3.68. The Morgan fingerprint density at radius 3 is 2.29 bits per heavy atom. The second-order valence-electron chi connectivity index (χ2n) is 8.67. The number of amides is 2. The standard InChI is InChI=1S/C27H18ClFN2O3/c28-17-11-9-16(10-12-17)25(32)24-22-21(23-18-6-2-1-5-15(18)13-14-30(23)24)26(33)31(27(22)34)20-8-4-3-7-19(20)29/h1-14,21-24H. The minimum atomic E-state index is -0.948. The first-order valence-corrected chi connectivity index (χ1v) is 11.3. The maximum atomic E-state index is 14.6. The minimum Gasteiger partial charge on any atom is -0.358 e. The Bertz CT molecular complexity index is 1390. The summed E-state index contributed by atoms with van der Waals surface area (Å²) >= 11 is 6.00. The number of ketones is 1. The van der Waals surface area contributed by atoms with Crippen LogP contribution in [0.5, 0.6) is 0 Å². The molecule has 2 fully saturated rings. The van der Waals surface area contributed by atoms with Crippen LogP contribution in [0.1, 0.15) is 27.5 Å². The molecule has 3 aromatic carbocycles. The van der Waals surface area contributed by atoms with E-state index in [1.165, 1.54) is 18.2 Å². The fraction of sp³-hybridized carbons (Fsp3) is 0.148. The molecule has 0 bridgehead atoms. The number of para-hydroxylation sites is 1. The third-order valence-corrected chi connectivity index (χ3v) is 7.20. The molecule has 2 amide bonds. The number of benzene rings is 3. The Kier molecular flexibility index (Phi) is 4.67. The van der Waals surface area contributed by atoms with Gasteiger partial charge in [-0.15, -0.1) is 0 Å². The van der Waals surface area contributed by atoms with Gasteiger partial charge < -0.3 is 4.90 Å². The number of anilines is 1. The summed E-state index contributed by atoms with van der Waals surface area (Å²) in [4.78, 5) is 43.9. The van der Waals surface area contributed by atoms with Crippen LogP contribution in [0.2, 0.25) is 5.02 Å². The number of nitrogens with zero attached hydrogens (tertiary/aromatic N) is 2.